The predicted molar refractivity (Wildman–Crippen MR) is 67.2 cm³/mol. The Morgan fingerprint density at radius 2 is 2.24 bits per heavy atom. The van der Waals surface area contributed by atoms with Crippen LogP contribution in [0.25, 0.3) is 0 Å². The van der Waals surface area contributed by atoms with Crippen molar-refractivity contribution in [1.82, 2.24) is 4.90 Å². The van der Waals surface area contributed by atoms with Gasteiger partial charge in [-0.1, -0.05) is 6.42 Å². The van der Waals surface area contributed by atoms with Gasteiger partial charge in [0.2, 0.25) is 0 Å². The second-order valence-electron chi connectivity index (χ2n) is 6.36. The number of rotatable bonds is 3. The molecule has 94 valence electrons. The maximum atomic E-state index is 9.20. The molecule has 2 bridgehead atoms. The van der Waals surface area contributed by atoms with Crippen LogP contribution in [0.3, 0.4) is 0 Å². The summed E-state index contributed by atoms with van der Waals surface area (Å²) in [5, 5.41) is 9.20. The number of nitrogens with two attached hydrogens (primary N) is 1. The molecular formula is C14H23N3. The molecule has 3 heteroatoms. The molecule has 17 heavy (non-hydrogen) atoms. The Kier molecular flexibility index (Phi) is 2.88. The molecule has 0 aromatic carbocycles. The van der Waals surface area contributed by atoms with Crippen molar-refractivity contribution in [1.29, 1.82) is 5.26 Å². The van der Waals surface area contributed by atoms with Crippen molar-refractivity contribution in [3.8, 4) is 6.07 Å². The molecule has 0 aromatic heterocycles. The molecule has 2 aliphatic carbocycles. The SMILES string of the molecule is N#CC1(N)CCCC1CCN1CC2CCC1C2. The smallest absolute Gasteiger partial charge is 0.107 e. The van der Waals surface area contributed by atoms with E-state index in [0.717, 1.165) is 37.6 Å². The number of fused-ring (bicyclic) bond motifs is 2. The molecule has 0 amide bonds. The Bertz CT molecular complexity index is 335. The lowest BCUT2D eigenvalue weighted by molar-refractivity contribution is 0.191. The molecule has 4 atom stereocenters. The van der Waals surface area contributed by atoms with E-state index in [4.69, 9.17) is 5.73 Å². The minimum Gasteiger partial charge on any atom is -0.313 e. The van der Waals surface area contributed by atoms with E-state index < -0.39 is 5.54 Å². The molecule has 2 saturated carbocycles. The fourth-order valence-corrected chi connectivity index (χ4v) is 4.27. The van der Waals surface area contributed by atoms with Gasteiger partial charge in [0.25, 0.3) is 0 Å². The van der Waals surface area contributed by atoms with Crippen LogP contribution in [0.5, 0.6) is 0 Å². The normalized spacial score (nSPS) is 45.3. The van der Waals surface area contributed by atoms with Crippen molar-refractivity contribution in [2.75, 3.05) is 13.1 Å². The van der Waals surface area contributed by atoms with Crippen molar-refractivity contribution in [3.05, 3.63) is 0 Å². The third-order valence-electron chi connectivity index (χ3n) is 5.37. The van der Waals surface area contributed by atoms with E-state index >= 15 is 0 Å². The molecule has 3 nitrogen and oxygen atoms in total. The lowest BCUT2D eigenvalue weighted by Crippen LogP contribution is -2.43. The van der Waals surface area contributed by atoms with E-state index in [9.17, 15) is 5.26 Å². The van der Waals surface area contributed by atoms with Gasteiger partial charge >= 0.3 is 0 Å². The summed E-state index contributed by atoms with van der Waals surface area (Å²) < 4.78 is 0. The van der Waals surface area contributed by atoms with Crippen LogP contribution in [0.15, 0.2) is 0 Å². The number of likely N-dealkylation sites (tertiary alicyclic amines) is 1. The highest BCUT2D eigenvalue weighted by atomic mass is 15.2. The molecule has 4 unspecified atom stereocenters. The van der Waals surface area contributed by atoms with Crippen molar-refractivity contribution in [2.45, 2.75) is 56.5 Å². The van der Waals surface area contributed by atoms with Gasteiger partial charge in [0.15, 0.2) is 0 Å². The van der Waals surface area contributed by atoms with Crippen LogP contribution in [0, 0.1) is 23.2 Å². The van der Waals surface area contributed by atoms with Gasteiger partial charge in [0.05, 0.1) is 6.07 Å². The maximum absolute atomic E-state index is 9.20. The molecule has 1 heterocycles. The number of piperidine rings is 1. The monoisotopic (exact) mass is 233 g/mol. The summed E-state index contributed by atoms with van der Waals surface area (Å²) >= 11 is 0. The standard InChI is InChI=1S/C14H23N3/c15-10-14(16)6-1-2-12(14)5-7-17-9-11-3-4-13(17)8-11/h11-13H,1-9,16H2. The first-order chi connectivity index (χ1) is 8.21. The number of hydrogen-bond acceptors (Lipinski definition) is 3. The zero-order chi connectivity index (χ0) is 11.9. The topological polar surface area (TPSA) is 53.1 Å². The first-order valence-corrected chi connectivity index (χ1v) is 7.15. The van der Waals surface area contributed by atoms with Gasteiger partial charge in [0, 0.05) is 12.6 Å². The van der Waals surface area contributed by atoms with Crippen LogP contribution < -0.4 is 5.73 Å². The first-order valence-electron chi connectivity index (χ1n) is 7.15. The van der Waals surface area contributed by atoms with Gasteiger partial charge < -0.3 is 10.6 Å². The summed E-state index contributed by atoms with van der Waals surface area (Å²) in [5.41, 5.74) is 5.67. The highest BCUT2D eigenvalue weighted by Crippen LogP contribution is 2.39. The molecule has 1 aliphatic heterocycles. The van der Waals surface area contributed by atoms with Gasteiger partial charge in [0.1, 0.15) is 5.54 Å². The van der Waals surface area contributed by atoms with Gasteiger partial charge in [-0.3, -0.25) is 0 Å². The Morgan fingerprint density at radius 1 is 1.35 bits per heavy atom. The molecule has 0 aromatic rings. The second kappa shape index (κ2) is 4.26. The number of nitrogens with zero attached hydrogens (tertiary/aromatic N) is 2. The molecule has 0 radical (unpaired) electrons. The quantitative estimate of drug-likeness (QED) is 0.810. The number of hydrogen-bond donors (Lipinski definition) is 1. The summed E-state index contributed by atoms with van der Waals surface area (Å²) in [5.74, 6) is 1.41. The van der Waals surface area contributed by atoms with E-state index in [-0.39, 0.29) is 0 Å². The van der Waals surface area contributed by atoms with Crippen LogP contribution in [0.2, 0.25) is 0 Å². The third-order valence-corrected chi connectivity index (χ3v) is 5.37. The van der Waals surface area contributed by atoms with Gasteiger partial charge in [-0.15, -0.1) is 0 Å². The van der Waals surface area contributed by atoms with Crippen LogP contribution in [-0.4, -0.2) is 29.6 Å². The Balaban J connectivity index is 1.53. The number of nitriles is 1. The molecule has 0 spiro atoms. The highest BCUT2D eigenvalue weighted by molar-refractivity contribution is 5.12. The molecule has 3 fully saturated rings. The summed E-state index contributed by atoms with van der Waals surface area (Å²) in [6.45, 7) is 2.48. The molecule has 1 saturated heterocycles. The van der Waals surface area contributed by atoms with E-state index in [2.05, 4.69) is 11.0 Å². The largest absolute Gasteiger partial charge is 0.313 e. The molecule has 3 rings (SSSR count). The fraction of sp³-hybridized carbons (Fsp3) is 0.929. The Labute approximate surface area is 104 Å². The third kappa shape index (κ3) is 1.98. The van der Waals surface area contributed by atoms with Crippen LogP contribution in [0.1, 0.15) is 44.9 Å². The van der Waals surface area contributed by atoms with Crippen molar-refractivity contribution in [2.24, 2.45) is 17.6 Å². The second-order valence-corrected chi connectivity index (χ2v) is 6.36. The summed E-state index contributed by atoms with van der Waals surface area (Å²) in [7, 11) is 0. The minimum atomic E-state index is -0.515. The van der Waals surface area contributed by atoms with E-state index in [0.29, 0.717) is 5.92 Å². The maximum Gasteiger partial charge on any atom is 0.107 e. The van der Waals surface area contributed by atoms with Gasteiger partial charge in [-0.05, 0) is 56.9 Å². The Morgan fingerprint density at radius 3 is 2.88 bits per heavy atom. The van der Waals surface area contributed by atoms with Gasteiger partial charge in [-0.25, -0.2) is 0 Å². The highest BCUT2D eigenvalue weighted by Gasteiger charge is 2.41. The van der Waals surface area contributed by atoms with Crippen LogP contribution >= 0.6 is 0 Å². The summed E-state index contributed by atoms with van der Waals surface area (Å²) in [6.07, 6.45) is 8.61. The minimum absolute atomic E-state index is 0.437. The van der Waals surface area contributed by atoms with E-state index in [1.54, 1.807) is 0 Å². The zero-order valence-electron chi connectivity index (χ0n) is 10.6. The van der Waals surface area contributed by atoms with E-state index in [1.165, 1.54) is 32.4 Å². The summed E-state index contributed by atoms with van der Waals surface area (Å²) in [6, 6.07) is 3.22. The molecular weight excluding hydrogens is 210 g/mol. The fourth-order valence-electron chi connectivity index (χ4n) is 4.27. The van der Waals surface area contributed by atoms with Gasteiger partial charge in [-0.2, -0.15) is 5.26 Å². The average Bonchev–Trinajstić information content (AvgIpc) is 3.02. The summed E-state index contributed by atoms with van der Waals surface area (Å²) in [4.78, 5) is 2.66. The average molecular weight is 233 g/mol. The van der Waals surface area contributed by atoms with Crippen LogP contribution in [0.4, 0.5) is 0 Å². The molecule has 3 aliphatic rings. The first kappa shape index (κ1) is 11.5. The lowest BCUT2D eigenvalue weighted by atomic mass is 9.87. The molecule has 2 N–H and O–H groups in total. The Hall–Kier alpha value is -0.590. The zero-order valence-corrected chi connectivity index (χ0v) is 10.6. The predicted octanol–water partition coefficient (Wildman–Crippen LogP) is 1.88. The van der Waals surface area contributed by atoms with E-state index in [1.807, 2.05) is 0 Å². The lowest BCUT2D eigenvalue weighted by Gasteiger charge is -2.30. The van der Waals surface area contributed by atoms with Crippen molar-refractivity contribution in [3.63, 3.8) is 0 Å². The van der Waals surface area contributed by atoms with Crippen LogP contribution in [-0.2, 0) is 0 Å². The van der Waals surface area contributed by atoms with Crippen molar-refractivity contribution >= 4 is 0 Å². The van der Waals surface area contributed by atoms with Crippen molar-refractivity contribution < 1.29 is 0 Å².